The van der Waals surface area contributed by atoms with Gasteiger partial charge < -0.3 is 9.47 Å². The first-order valence-corrected chi connectivity index (χ1v) is 17.2. The Bertz CT molecular complexity index is 1360. The molecule has 4 aliphatic rings. The second kappa shape index (κ2) is 13.4. The Hall–Kier alpha value is -3.30. The lowest BCUT2D eigenvalue weighted by Crippen LogP contribution is -2.51. The van der Waals surface area contributed by atoms with E-state index in [0.29, 0.717) is 23.7 Å². The van der Waals surface area contributed by atoms with Crippen LogP contribution in [0.2, 0.25) is 0 Å². The first-order chi connectivity index (χ1) is 21.7. The number of nitrogens with zero attached hydrogens (tertiary/aromatic N) is 2. The molecule has 8 atom stereocenters. The van der Waals surface area contributed by atoms with E-state index in [4.69, 9.17) is 9.47 Å². The van der Waals surface area contributed by atoms with Gasteiger partial charge in [-0.05, 0) is 91.3 Å². The molecule has 0 spiro atoms. The van der Waals surface area contributed by atoms with Crippen LogP contribution in [0.4, 0.5) is 11.4 Å². The molecular weight excluding hydrogens is 588 g/mol. The van der Waals surface area contributed by atoms with Crippen LogP contribution in [0.3, 0.4) is 0 Å². The number of rotatable bonds is 11. The maximum Gasteiger partial charge on any atom is 0.344 e. The van der Waals surface area contributed by atoms with Crippen molar-refractivity contribution in [2.24, 2.45) is 46.3 Å². The van der Waals surface area contributed by atoms with E-state index >= 15 is 0 Å². The fourth-order valence-corrected chi connectivity index (χ4v) is 10.1. The number of fused-ring (bicyclic) bond motifs is 5. The minimum atomic E-state index is -1.07. The quantitative estimate of drug-likeness (QED) is 0.102. The van der Waals surface area contributed by atoms with E-state index in [0.717, 1.165) is 61.1 Å². The third kappa shape index (κ3) is 6.72. The number of nitro benzene ring substituents is 2. The summed E-state index contributed by atoms with van der Waals surface area (Å²) in [6, 6.07) is 2.54. The summed E-state index contributed by atoms with van der Waals surface area (Å²) in [4.78, 5) is 45.8. The number of nitro groups is 2. The van der Waals surface area contributed by atoms with E-state index in [1.54, 1.807) is 0 Å². The molecule has 3 fully saturated rings. The number of carbonyl (C=O) groups is 2. The van der Waals surface area contributed by atoms with Gasteiger partial charge in [-0.15, -0.1) is 0 Å². The molecule has 0 heterocycles. The third-order valence-corrected chi connectivity index (χ3v) is 12.4. The fraction of sp³-hybridized carbons (Fsp3) is 0.722. The van der Waals surface area contributed by atoms with Crippen molar-refractivity contribution in [3.63, 3.8) is 0 Å². The predicted octanol–water partition coefficient (Wildman–Crippen LogP) is 8.61. The molecule has 10 heteroatoms. The van der Waals surface area contributed by atoms with E-state index in [1.807, 2.05) is 0 Å². The van der Waals surface area contributed by atoms with E-state index in [-0.39, 0.29) is 17.1 Å². The number of benzene rings is 1. The summed E-state index contributed by atoms with van der Waals surface area (Å²) in [5.74, 6) is 2.74. The highest BCUT2D eigenvalue weighted by Gasteiger charge is 2.59. The molecule has 3 saturated carbocycles. The van der Waals surface area contributed by atoms with Crippen LogP contribution in [0.25, 0.3) is 0 Å². The number of hydrogen-bond donors (Lipinski definition) is 0. The van der Waals surface area contributed by atoms with Crippen LogP contribution in [-0.2, 0) is 14.3 Å². The Morgan fingerprint density at radius 3 is 2.28 bits per heavy atom. The van der Waals surface area contributed by atoms with Gasteiger partial charge in [0.1, 0.15) is 6.10 Å². The molecule has 1 aromatic carbocycles. The van der Waals surface area contributed by atoms with Crippen molar-refractivity contribution in [3.05, 3.63) is 55.6 Å². The van der Waals surface area contributed by atoms with Gasteiger partial charge in [0.15, 0.2) is 6.61 Å². The molecule has 0 saturated heterocycles. The second-order valence-electron chi connectivity index (χ2n) is 15.5. The number of ether oxygens (including phenoxy) is 2. The van der Waals surface area contributed by atoms with E-state index < -0.39 is 39.8 Å². The van der Waals surface area contributed by atoms with Gasteiger partial charge >= 0.3 is 11.9 Å². The van der Waals surface area contributed by atoms with Gasteiger partial charge in [-0.1, -0.05) is 65.5 Å². The smallest absolute Gasteiger partial charge is 0.344 e. The Morgan fingerprint density at radius 1 is 0.935 bits per heavy atom. The van der Waals surface area contributed by atoms with Gasteiger partial charge in [0, 0.05) is 18.6 Å². The zero-order valence-electron chi connectivity index (χ0n) is 28.0. The minimum Gasteiger partial charge on any atom is -0.460 e. The van der Waals surface area contributed by atoms with Crippen molar-refractivity contribution < 1.29 is 28.9 Å². The van der Waals surface area contributed by atoms with Crippen LogP contribution in [0, 0.1) is 66.6 Å². The summed E-state index contributed by atoms with van der Waals surface area (Å²) in [6.07, 6.45) is 14.9. The minimum absolute atomic E-state index is 0.108. The SMILES string of the molecule is CC(C)CCC[C@@H](C)[C@H]1CC[C@H]2[C@@H]3CC=C4CC(OC(=O)COC(=O)c5cc([N+](=O)[O-])cc([N+](=O)[O-])c5)CC[C@]4(C)[C@H]3CC[C@]12C. The molecule has 0 bridgehead atoms. The van der Waals surface area contributed by atoms with Crippen LogP contribution in [0.5, 0.6) is 0 Å². The van der Waals surface area contributed by atoms with Crippen molar-refractivity contribution in [1.29, 1.82) is 0 Å². The number of carbonyl (C=O) groups excluding carboxylic acids is 2. The van der Waals surface area contributed by atoms with E-state index in [2.05, 4.69) is 40.7 Å². The molecule has 4 aliphatic carbocycles. The third-order valence-electron chi connectivity index (χ3n) is 12.4. The molecule has 5 rings (SSSR count). The average Bonchev–Trinajstić information content (AvgIpc) is 3.36. The van der Waals surface area contributed by atoms with Crippen molar-refractivity contribution in [3.8, 4) is 0 Å². The number of esters is 2. The normalized spacial score (nSPS) is 32.4. The lowest BCUT2D eigenvalue weighted by atomic mass is 9.47. The monoisotopic (exact) mass is 638 g/mol. The molecule has 0 N–H and O–H groups in total. The van der Waals surface area contributed by atoms with Crippen molar-refractivity contribution in [1.82, 2.24) is 0 Å². The summed E-state index contributed by atoms with van der Waals surface area (Å²) in [6.45, 7) is 11.5. The molecule has 1 aromatic rings. The predicted molar refractivity (Wildman–Crippen MR) is 173 cm³/mol. The summed E-state index contributed by atoms with van der Waals surface area (Å²) in [5, 5.41) is 22.3. The largest absolute Gasteiger partial charge is 0.460 e. The Balaban J connectivity index is 1.17. The second-order valence-corrected chi connectivity index (χ2v) is 15.5. The molecule has 252 valence electrons. The lowest BCUT2D eigenvalue weighted by molar-refractivity contribution is -0.394. The van der Waals surface area contributed by atoms with Crippen molar-refractivity contribution >= 4 is 23.3 Å². The van der Waals surface area contributed by atoms with Crippen LogP contribution in [-0.4, -0.2) is 34.5 Å². The first kappa shape index (κ1) is 34.0. The van der Waals surface area contributed by atoms with E-state index in [1.165, 1.54) is 50.5 Å². The Labute approximate surface area is 272 Å². The van der Waals surface area contributed by atoms with Gasteiger partial charge in [0.25, 0.3) is 11.4 Å². The van der Waals surface area contributed by atoms with Gasteiger partial charge in [-0.2, -0.15) is 0 Å². The Morgan fingerprint density at radius 2 is 1.63 bits per heavy atom. The molecule has 1 unspecified atom stereocenters. The lowest BCUT2D eigenvalue weighted by Gasteiger charge is -2.58. The van der Waals surface area contributed by atoms with Gasteiger partial charge in [-0.3, -0.25) is 20.2 Å². The van der Waals surface area contributed by atoms with E-state index in [9.17, 15) is 29.8 Å². The molecule has 0 aromatic heterocycles. The maximum absolute atomic E-state index is 12.7. The molecule has 10 nitrogen and oxygen atoms in total. The maximum atomic E-state index is 12.7. The summed E-state index contributed by atoms with van der Waals surface area (Å²) < 4.78 is 10.8. The fourth-order valence-electron chi connectivity index (χ4n) is 10.1. The highest BCUT2D eigenvalue weighted by atomic mass is 16.6. The highest BCUT2D eigenvalue weighted by Crippen LogP contribution is 2.67. The number of allylic oxidation sites excluding steroid dienone is 1. The Kier molecular flexibility index (Phi) is 9.94. The molecule has 0 radical (unpaired) electrons. The van der Waals surface area contributed by atoms with Crippen LogP contribution in [0.15, 0.2) is 29.8 Å². The van der Waals surface area contributed by atoms with Crippen LogP contribution in [0.1, 0.15) is 116 Å². The molecule has 46 heavy (non-hydrogen) atoms. The average molecular weight is 639 g/mol. The first-order valence-electron chi connectivity index (χ1n) is 17.2. The molecular formula is C36H50N2O8. The number of non-ortho nitro benzene ring substituents is 2. The number of hydrogen-bond acceptors (Lipinski definition) is 8. The van der Waals surface area contributed by atoms with Gasteiger partial charge in [0.2, 0.25) is 0 Å². The van der Waals surface area contributed by atoms with Gasteiger partial charge in [-0.25, -0.2) is 9.59 Å². The zero-order valence-corrected chi connectivity index (χ0v) is 28.0. The molecule has 0 amide bonds. The summed E-state index contributed by atoms with van der Waals surface area (Å²) >= 11 is 0. The van der Waals surface area contributed by atoms with Crippen LogP contribution < -0.4 is 0 Å². The standard InChI is InChI=1S/C36H50N2O8/c1-22(2)7-6-8-23(3)30-11-12-31-29-10-9-25-19-28(13-15-35(25,4)32(29)14-16-36(30,31)5)46-33(39)21-45-34(40)24-17-26(37(41)42)20-27(18-24)38(43)44/h9,17-18,20,22-23,28-32H,6-8,10-16,19,21H2,1-5H3/t23-,28?,29+,30-,31+,32+,35+,36-/m1/s1. The summed E-state index contributed by atoms with van der Waals surface area (Å²) in [5.41, 5.74) is 0.329. The topological polar surface area (TPSA) is 139 Å². The van der Waals surface area contributed by atoms with Crippen molar-refractivity contribution in [2.45, 2.75) is 111 Å². The molecule has 0 aliphatic heterocycles. The summed E-state index contributed by atoms with van der Waals surface area (Å²) in [7, 11) is 0. The van der Waals surface area contributed by atoms with Crippen LogP contribution >= 0.6 is 0 Å². The van der Waals surface area contributed by atoms with Gasteiger partial charge in [0.05, 0.1) is 21.5 Å². The zero-order chi connectivity index (χ0) is 33.4. The van der Waals surface area contributed by atoms with Crippen molar-refractivity contribution in [2.75, 3.05) is 6.61 Å². The highest BCUT2D eigenvalue weighted by molar-refractivity contribution is 5.92.